The molecule has 0 spiro atoms. The Morgan fingerprint density at radius 3 is 2.73 bits per heavy atom. The number of nitrogens with one attached hydrogen (secondary N) is 1. The van der Waals surface area contributed by atoms with Gasteiger partial charge in [-0.3, -0.25) is 0 Å². The number of esters is 1. The van der Waals surface area contributed by atoms with Crippen molar-refractivity contribution in [3.05, 3.63) is 65.4 Å². The Kier molecular flexibility index (Phi) is 9.20. The van der Waals surface area contributed by atoms with Crippen molar-refractivity contribution < 1.29 is 19.4 Å². The Morgan fingerprint density at radius 2 is 1.97 bits per heavy atom. The van der Waals surface area contributed by atoms with E-state index in [1.807, 2.05) is 24.3 Å². The zero-order valence-electron chi connectivity index (χ0n) is 18.4. The molecular weight excluding hydrogens is 462 g/mol. The van der Waals surface area contributed by atoms with E-state index in [1.165, 1.54) is 11.1 Å². The number of hydrogen-bond donors (Lipinski definition) is 2. The van der Waals surface area contributed by atoms with Gasteiger partial charge in [0.2, 0.25) is 0 Å². The molecule has 4 rings (SSSR count). The molecule has 33 heavy (non-hydrogen) atoms. The number of halogens is 1. The van der Waals surface area contributed by atoms with Gasteiger partial charge in [-0.25, -0.2) is 4.79 Å². The maximum Gasteiger partial charge on any atom is 0.360 e. The summed E-state index contributed by atoms with van der Waals surface area (Å²) in [6, 6.07) is 16.2. The monoisotopic (exact) mass is 489 g/mol. The minimum absolute atomic E-state index is 0. The van der Waals surface area contributed by atoms with Crippen LogP contribution >= 0.6 is 23.9 Å². The molecule has 1 aliphatic rings. The third-order valence-corrected chi connectivity index (χ3v) is 6.28. The first-order valence-electron chi connectivity index (χ1n) is 10.8. The van der Waals surface area contributed by atoms with Gasteiger partial charge in [0.05, 0.1) is 11.5 Å². The van der Waals surface area contributed by atoms with Crippen molar-refractivity contribution in [2.75, 3.05) is 19.8 Å². The van der Waals surface area contributed by atoms with Crippen LogP contribution in [0.2, 0.25) is 0 Å². The van der Waals surface area contributed by atoms with Crippen molar-refractivity contribution in [3.8, 4) is 16.2 Å². The first kappa shape index (κ1) is 25.1. The number of carbonyl (C=O) groups is 1. The average Bonchev–Trinajstić information content (AvgIpc) is 3.32. The molecule has 1 aliphatic carbocycles. The van der Waals surface area contributed by atoms with E-state index < -0.39 is 12.1 Å². The Bertz CT molecular complexity index is 1040. The first-order chi connectivity index (χ1) is 15.6. The minimum atomic E-state index is -0.604. The molecule has 2 aromatic carbocycles. The van der Waals surface area contributed by atoms with Crippen LogP contribution in [0.25, 0.3) is 10.4 Å². The molecule has 7 nitrogen and oxygen atoms in total. The highest BCUT2D eigenvalue weighted by atomic mass is 35.5. The van der Waals surface area contributed by atoms with Crippen LogP contribution in [-0.2, 0) is 17.6 Å². The summed E-state index contributed by atoms with van der Waals surface area (Å²) in [4.78, 5) is 12.7. The highest BCUT2D eigenvalue weighted by molar-refractivity contribution is 7.09. The van der Waals surface area contributed by atoms with E-state index in [0.717, 1.165) is 36.4 Å². The summed E-state index contributed by atoms with van der Waals surface area (Å²) in [5, 5.41) is 17.7. The Balaban J connectivity index is 0.00000306. The van der Waals surface area contributed by atoms with Gasteiger partial charge in [-0.2, -0.15) is 0 Å². The van der Waals surface area contributed by atoms with E-state index in [0.29, 0.717) is 23.2 Å². The van der Waals surface area contributed by atoms with Gasteiger partial charge in [0.15, 0.2) is 5.69 Å². The van der Waals surface area contributed by atoms with Crippen LogP contribution < -0.4 is 10.1 Å². The van der Waals surface area contributed by atoms with E-state index in [-0.39, 0.29) is 31.3 Å². The van der Waals surface area contributed by atoms with Crippen molar-refractivity contribution >= 4 is 29.9 Å². The minimum Gasteiger partial charge on any atom is -0.491 e. The van der Waals surface area contributed by atoms with E-state index in [1.54, 1.807) is 6.92 Å². The second-order valence-corrected chi connectivity index (χ2v) is 8.53. The number of ether oxygens (including phenoxy) is 2. The van der Waals surface area contributed by atoms with Gasteiger partial charge in [0.1, 0.15) is 18.5 Å². The zero-order valence-corrected chi connectivity index (χ0v) is 20.0. The summed E-state index contributed by atoms with van der Waals surface area (Å²) in [6.07, 6.45) is 2.53. The van der Waals surface area contributed by atoms with Crippen molar-refractivity contribution in [1.29, 1.82) is 0 Å². The number of rotatable bonds is 9. The van der Waals surface area contributed by atoms with Crippen molar-refractivity contribution in [3.63, 3.8) is 0 Å². The lowest BCUT2D eigenvalue weighted by Gasteiger charge is -2.26. The second-order valence-electron chi connectivity index (χ2n) is 7.78. The highest BCUT2D eigenvalue weighted by Gasteiger charge is 2.20. The zero-order chi connectivity index (χ0) is 22.3. The highest BCUT2D eigenvalue weighted by Crippen LogP contribution is 2.28. The van der Waals surface area contributed by atoms with E-state index in [4.69, 9.17) is 9.47 Å². The molecule has 2 N–H and O–H groups in total. The van der Waals surface area contributed by atoms with Crippen molar-refractivity contribution in [2.24, 2.45) is 0 Å². The van der Waals surface area contributed by atoms with E-state index in [2.05, 4.69) is 39.2 Å². The number of aliphatic hydroxyl groups is 1. The Hall–Kier alpha value is -2.52. The van der Waals surface area contributed by atoms with Gasteiger partial charge >= 0.3 is 5.97 Å². The molecule has 0 fully saturated rings. The van der Waals surface area contributed by atoms with Crippen molar-refractivity contribution in [1.82, 2.24) is 14.9 Å². The van der Waals surface area contributed by atoms with Gasteiger partial charge in [-0.1, -0.05) is 28.8 Å². The van der Waals surface area contributed by atoms with Crippen LogP contribution in [0.3, 0.4) is 0 Å². The number of aliphatic hydroxyl groups excluding tert-OH is 1. The summed E-state index contributed by atoms with van der Waals surface area (Å²) < 4.78 is 14.6. The smallest absolute Gasteiger partial charge is 0.360 e. The molecule has 0 bridgehead atoms. The SMILES string of the molecule is CCOC(=O)c1nnsc1-c1ccc(OCC(O)CNC2CCc3ccccc3C2)cc1.Cl. The predicted octanol–water partition coefficient (Wildman–Crippen LogP) is 3.69. The third kappa shape index (κ3) is 6.51. The fourth-order valence-electron chi connectivity index (χ4n) is 3.84. The summed E-state index contributed by atoms with van der Waals surface area (Å²) in [6.45, 7) is 2.72. The molecule has 176 valence electrons. The van der Waals surface area contributed by atoms with Gasteiger partial charge < -0.3 is 19.9 Å². The van der Waals surface area contributed by atoms with Crippen molar-refractivity contribution in [2.45, 2.75) is 38.3 Å². The predicted molar refractivity (Wildman–Crippen MR) is 130 cm³/mol. The molecule has 0 radical (unpaired) electrons. The fraction of sp³-hybridized carbons (Fsp3) is 0.375. The number of carbonyl (C=O) groups excluding carboxylic acids is 1. The number of aryl methyl sites for hydroxylation is 1. The molecule has 9 heteroatoms. The molecular formula is C24H28ClN3O4S. The number of aromatic nitrogens is 2. The quantitative estimate of drug-likeness (QED) is 0.443. The molecule has 0 amide bonds. The third-order valence-electron chi connectivity index (χ3n) is 5.50. The van der Waals surface area contributed by atoms with Gasteiger partial charge in [-0.05, 0) is 78.7 Å². The lowest BCUT2D eigenvalue weighted by atomic mass is 9.88. The molecule has 0 saturated carbocycles. The summed E-state index contributed by atoms with van der Waals surface area (Å²) in [7, 11) is 0. The van der Waals surface area contributed by atoms with Gasteiger partial charge in [0.25, 0.3) is 0 Å². The van der Waals surface area contributed by atoms with Gasteiger partial charge in [0, 0.05) is 12.6 Å². The Labute approximate surface area is 203 Å². The number of fused-ring (bicyclic) bond motifs is 1. The molecule has 1 heterocycles. The molecule has 3 aromatic rings. The lowest BCUT2D eigenvalue weighted by Crippen LogP contribution is -2.40. The summed E-state index contributed by atoms with van der Waals surface area (Å²) >= 11 is 1.15. The molecule has 2 atom stereocenters. The summed E-state index contributed by atoms with van der Waals surface area (Å²) in [5.74, 6) is 0.170. The normalized spacial score (nSPS) is 15.8. The van der Waals surface area contributed by atoms with Crippen LogP contribution in [0.1, 0.15) is 35.0 Å². The maximum atomic E-state index is 12.0. The van der Waals surface area contributed by atoms with Crippen LogP contribution in [-0.4, -0.2) is 52.6 Å². The van der Waals surface area contributed by atoms with E-state index in [9.17, 15) is 9.90 Å². The van der Waals surface area contributed by atoms with Crippen LogP contribution in [0.15, 0.2) is 48.5 Å². The fourth-order valence-corrected chi connectivity index (χ4v) is 4.50. The van der Waals surface area contributed by atoms with Crippen LogP contribution in [0.4, 0.5) is 0 Å². The second kappa shape index (κ2) is 12.1. The largest absolute Gasteiger partial charge is 0.491 e. The topological polar surface area (TPSA) is 93.6 Å². The number of benzene rings is 2. The summed E-state index contributed by atoms with van der Waals surface area (Å²) in [5.41, 5.74) is 3.86. The Morgan fingerprint density at radius 1 is 1.21 bits per heavy atom. The van der Waals surface area contributed by atoms with Crippen LogP contribution in [0, 0.1) is 0 Å². The van der Waals surface area contributed by atoms with Gasteiger partial charge in [-0.15, -0.1) is 17.5 Å². The molecule has 0 saturated heterocycles. The van der Waals surface area contributed by atoms with Crippen LogP contribution in [0.5, 0.6) is 5.75 Å². The lowest BCUT2D eigenvalue weighted by molar-refractivity contribution is 0.0520. The number of nitrogens with zero attached hydrogens (tertiary/aromatic N) is 2. The first-order valence-corrected chi connectivity index (χ1v) is 11.6. The number of hydrogen-bond acceptors (Lipinski definition) is 8. The average molecular weight is 490 g/mol. The molecule has 2 unspecified atom stereocenters. The standard InChI is InChI=1S/C24H27N3O4S.ClH/c1-2-30-24(29)22-23(32-27-26-22)17-8-11-21(12-9-17)31-15-20(28)14-25-19-10-7-16-5-3-4-6-18(16)13-19;/h3-6,8-9,11-12,19-20,25,28H,2,7,10,13-15H2,1H3;1H. The molecule has 1 aromatic heterocycles. The molecule has 0 aliphatic heterocycles. The maximum absolute atomic E-state index is 12.0. The van der Waals surface area contributed by atoms with E-state index >= 15 is 0 Å².